The number of carboxylic acids is 1. The van der Waals surface area contributed by atoms with Gasteiger partial charge in [0.15, 0.2) is 29.1 Å². The van der Waals surface area contributed by atoms with E-state index in [0.717, 1.165) is 52.6 Å². The van der Waals surface area contributed by atoms with Crippen LogP contribution < -0.4 is 65.1 Å². The molecule has 7 atom stereocenters. The number of aliphatic imine (C=N–C) groups is 1. The zero-order valence-electron chi connectivity index (χ0n) is 67.9. The Morgan fingerprint density at radius 2 is 1.15 bits per heavy atom. The number of rotatable bonds is 49. The summed E-state index contributed by atoms with van der Waals surface area (Å²) in [5.41, 5.74) is 16.9. The monoisotopic (exact) mass is 1690 g/mol. The number of fused-ring (bicyclic) bond motifs is 5. The minimum Gasteiger partial charge on any atom is -0.481 e. The van der Waals surface area contributed by atoms with Crippen LogP contribution in [0.3, 0.4) is 0 Å². The predicted molar refractivity (Wildman–Crippen MR) is 441 cm³/mol. The summed E-state index contributed by atoms with van der Waals surface area (Å²) < 4.78 is 21.6. The summed E-state index contributed by atoms with van der Waals surface area (Å²) in [6, 6.07) is 1.56. The number of amides is 8. The second-order valence-electron chi connectivity index (χ2n) is 29.7. The van der Waals surface area contributed by atoms with Gasteiger partial charge in [-0.25, -0.2) is 0 Å². The molecule has 0 spiro atoms. The first-order valence-electron chi connectivity index (χ1n) is 39.5. The van der Waals surface area contributed by atoms with Gasteiger partial charge in [-0.3, -0.25) is 72.1 Å². The van der Waals surface area contributed by atoms with Crippen LogP contribution in [0.15, 0.2) is 45.6 Å². The second kappa shape index (κ2) is 57.8. The molecule has 2 aliphatic heterocycles. The Balaban J connectivity index is 1.90. The van der Waals surface area contributed by atoms with Gasteiger partial charge in [-0.15, -0.1) is 11.8 Å². The van der Waals surface area contributed by atoms with Crippen LogP contribution in [-0.2, 0) is 92.5 Å². The van der Waals surface area contributed by atoms with Gasteiger partial charge >= 0.3 is 5.97 Å². The maximum atomic E-state index is 15.0. The highest BCUT2D eigenvalue weighted by Gasteiger charge is 2.36. The van der Waals surface area contributed by atoms with Crippen molar-refractivity contribution in [3.05, 3.63) is 35.9 Å². The number of aliphatic carboxylic acids is 1. The van der Waals surface area contributed by atoms with Gasteiger partial charge in [0.25, 0.3) is 0 Å². The van der Waals surface area contributed by atoms with Crippen molar-refractivity contribution in [2.24, 2.45) is 50.3 Å². The highest BCUT2D eigenvalue weighted by atomic mass is 33.1. The molecule has 8 amide bonds. The van der Waals surface area contributed by atoms with Gasteiger partial charge < -0.3 is 99.5 Å². The van der Waals surface area contributed by atoms with Crippen LogP contribution in [0.5, 0.6) is 0 Å². The Morgan fingerprint density at radius 3 is 1.78 bits per heavy atom. The third-order valence-electron chi connectivity index (χ3n) is 19.5. The fourth-order valence-electron chi connectivity index (χ4n) is 12.1. The molecule has 39 heteroatoms. The molecular weight excluding hydrogens is 1570 g/mol. The number of unbranched alkanes of at least 4 members (excludes halogenated alkanes) is 1. The largest absolute Gasteiger partial charge is 0.481 e. The molecule has 36 nitrogen and oxygen atoms in total. The summed E-state index contributed by atoms with van der Waals surface area (Å²) in [7, 11) is 2.07. The number of carbonyl (C=O) groups excluding carboxylic acids is 13. The number of thioether (sulfide) groups is 1. The molecule has 2 heterocycles. The highest BCUT2D eigenvalue weighted by Crippen LogP contribution is 2.28. The Morgan fingerprint density at radius 1 is 0.560 bits per heavy atom. The van der Waals surface area contributed by atoms with Gasteiger partial charge in [-0.2, -0.15) is 0 Å². The summed E-state index contributed by atoms with van der Waals surface area (Å²) in [5.74, 6) is -12.8. The number of nitrogens with one attached hydrogen (secondary N) is 9. The van der Waals surface area contributed by atoms with Crippen molar-refractivity contribution in [1.29, 1.82) is 0 Å². The number of hydrogen-bond donors (Lipinski definition) is 15. The Kier molecular flexibility index (Phi) is 50.9. The van der Waals surface area contributed by atoms with E-state index in [0.29, 0.717) is 55.8 Å². The summed E-state index contributed by atoms with van der Waals surface area (Å²) >= 11 is 0.959. The van der Waals surface area contributed by atoms with Crippen LogP contribution in [0.4, 0.5) is 0 Å². The molecule has 0 aromatic heterocycles. The first-order chi connectivity index (χ1) is 55.2. The van der Waals surface area contributed by atoms with Crippen molar-refractivity contribution in [2.45, 2.75) is 218 Å². The predicted octanol–water partition coefficient (Wildman–Crippen LogP) is 1.87. The van der Waals surface area contributed by atoms with Gasteiger partial charge in [0, 0.05) is 107 Å². The lowest BCUT2D eigenvalue weighted by molar-refractivity contribution is -0.141. The van der Waals surface area contributed by atoms with E-state index in [1.807, 2.05) is 27.7 Å². The number of guanidine groups is 1. The van der Waals surface area contributed by atoms with E-state index in [4.69, 9.17) is 36.1 Å². The fourth-order valence-corrected chi connectivity index (χ4v) is 15.4. The molecule has 2 aliphatic rings. The number of carbonyl (C=O) groups is 14. The Hall–Kier alpha value is -8.18. The van der Waals surface area contributed by atoms with E-state index in [-0.39, 0.29) is 177 Å². The van der Waals surface area contributed by atoms with Crippen LogP contribution in [0.2, 0.25) is 0 Å². The summed E-state index contributed by atoms with van der Waals surface area (Å²) in [6.45, 7) is 13.1. The molecule has 0 radical (unpaired) electrons. The second-order valence-corrected chi connectivity index (χ2v) is 33.3. The molecule has 116 heavy (non-hydrogen) atoms. The number of carboxylic acid groups (broad SMARTS) is 1. The van der Waals surface area contributed by atoms with Gasteiger partial charge in [0.1, 0.15) is 25.0 Å². The number of Topliss-reactive ketones (excluding diaryl/α,β-unsaturated/α-hetero) is 5. The first kappa shape index (κ1) is 102. The smallest absolute Gasteiger partial charge is 0.305 e. The summed E-state index contributed by atoms with van der Waals surface area (Å²) in [4.78, 5) is 195. The molecule has 1 aromatic rings. The maximum absolute atomic E-state index is 15.0. The standard InChI is InChI=1S/C77H125N15O21S3/c1-50(91-108)76(3,4)84-31-27-52(28-32-85-77(5,6)51(2)92-109)18-12-20-56(93)21-13-24-67(99)81-29-11-10-22-57-74(107)90-60-47-115-116-48-61(89-73(106)55(40-53-16-8-7-9-17-53)42-64(96)58(43-71(103)104)87-68(100)26-25-63(60)95)65(97)41-54(19-14-30-83-75(79)80)72(105)88-59(46-114-49-70(102)86-57)62(94)23-15-34-110-36-38-112-39-37-111-35-33-82-69(101)45-113-44-66(78)98/h7-9,16-17,52,54-55,57-61,84-85,108-109H,10-15,18-49H2,1-6H3,(H2,78,98)(H,81,99)(H,82,101)(H,86,102)(H,87,100)(H,88,105)(H,89,106)(H,90,107)(H,103,104)(H4,79,80,83)/t52?,54-,55-,57+,58+,59+,60+,61+/m1/s1. The summed E-state index contributed by atoms with van der Waals surface area (Å²) in [5, 5.41) is 61.3. The van der Waals surface area contributed by atoms with E-state index >= 15 is 0 Å². The van der Waals surface area contributed by atoms with Gasteiger partial charge in [0.05, 0.1) is 91.9 Å². The number of benzene rings is 1. The molecule has 0 unspecified atom stereocenters. The average Bonchev–Trinajstić information content (AvgIpc) is 0.962. The number of primary amides is 1. The van der Waals surface area contributed by atoms with Gasteiger partial charge in [-0.1, -0.05) is 62.2 Å². The van der Waals surface area contributed by atoms with Crippen molar-refractivity contribution >= 4 is 133 Å². The molecular formula is C77H125N15O21S3. The molecule has 1 aromatic carbocycles. The molecule has 3 rings (SSSR count). The normalized spacial score (nSPS) is 20.2. The quantitative estimate of drug-likeness (QED) is 0.0111. The minimum absolute atomic E-state index is 0.0118. The zero-order chi connectivity index (χ0) is 85.9. The van der Waals surface area contributed by atoms with E-state index < -0.39 is 156 Å². The van der Waals surface area contributed by atoms with Crippen molar-refractivity contribution < 1.29 is 102 Å². The number of nitrogens with two attached hydrogens (primary N) is 3. The van der Waals surface area contributed by atoms with Crippen LogP contribution >= 0.6 is 33.3 Å². The van der Waals surface area contributed by atoms with Crippen molar-refractivity contribution in [3.63, 3.8) is 0 Å². The number of hydrogen-bond acceptors (Lipinski definition) is 28. The molecule has 652 valence electrons. The number of ether oxygens (including phenoxy) is 4. The molecule has 2 saturated heterocycles. The average molecular weight is 1690 g/mol. The first-order valence-corrected chi connectivity index (χ1v) is 43.1. The Labute approximate surface area is 691 Å². The minimum atomic E-state index is -1.67. The lowest BCUT2D eigenvalue weighted by atomic mass is 9.89. The topological polar surface area (TPSA) is 560 Å². The van der Waals surface area contributed by atoms with E-state index in [9.17, 15) is 82.6 Å². The van der Waals surface area contributed by atoms with Crippen molar-refractivity contribution in [1.82, 2.24) is 47.9 Å². The maximum Gasteiger partial charge on any atom is 0.305 e. The lowest BCUT2D eigenvalue weighted by Crippen LogP contribution is -2.53. The molecule has 2 fully saturated rings. The molecule has 0 aliphatic carbocycles. The molecule has 18 N–H and O–H groups in total. The Bertz CT molecular complexity index is 3370. The van der Waals surface area contributed by atoms with Crippen LogP contribution in [-0.4, -0.2) is 265 Å². The van der Waals surface area contributed by atoms with Crippen LogP contribution in [0, 0.1) is 17.8 Å². The van der Waals surface area contributed by atoms with Crippen LogP contribution in [0.1, 0.15) is 176 Å². The third kappa shape index (κ3) is 45.0. The SMILES string of the molecule is CC(=NO)C(C)(C)NCCC(CCCC(=O)CCCC(=O)NCCCC[C@@H]1NC(=O)CSC[C@@H](C(=O)CCCOCCOCCOCCNC(=O)COCC(N)=O)NC(=O)[C@H](CCCN=C(N)N)CC(=O)[C@@H]2CSSC[C@H](NC1=O)C(=O)CCC(=O)N[C@@H](CC(=O)O)C(=O)C[C@@H](Cc1ccccc1)C(=O)N2)CCNC(C)(C)C(C)=NO. The fraction of sp³-hybridized carbons (Fsp3) is 0.701. The lowest BCUT2D eigenvalue weighted by Gasteiger charge is -2.28. The third-order valence-corrected chi connectivity index (χ3v) is 23.0. The number of nitrogens with zero attached hydrogens (tertiary/aromatic N) is 3. The highest BCUT2D eigenvalue weighted by molar-refractivity contribution is 8.76. The van der Waals surface area contributed by atoms with Crippen molar-refractivity contribution in [3.8, 4) is 0 Å². The van der Waals surface area contributed by atoms with E-state index in [1.54, 1.807) is 44.2 Å². The number of oxime groups is 2. The molecule has 0 saturated carbocycles. The van der Waals surface area contributed by atoms with Crippen LogP contribution in [0.25, 0.3) is 0 Å². The van der Waals surface area contributed by atoms with E-state index in [2.05, 4.69) is 63.2 Å². The van der Waals surface area contributed by atoms with E-state index in [1.165, 1.54) is 0 Å². The van der Waals surface area contributed by atoms with Gasteiger partial charge in [0.2, 0.25) is 47.3 Å². The summed E-state index contributed by atoms with van der Waals surface area (Å²) in [6.07, 6.45) is 1.41. The number of ketones is 5. The van der Waals surface area contributed by atoms with Gasteiger partial charge in [-0.05, 0) is 143 Å². The molecule has 2 bridgehead atoms. The zero-order valence-corrected chi connectivity index (χ0v) is 70.3. The van der Waals surface area contributed by atoms with Crippen molar-refractivity contribution in [2.75, 3.05) is 109 Å².